The van der Waals surface area contributed by atoms with Crippen molar-refractivity contribution in [1.82, 2.24) is 4.31 Å². The Morgan fingerprint density at radius 1 is 1.26 bits per heavy atom. The number of allylic oxidation sites excluding steroid dienone is 4. The van der Waals surface area contributed by atoms with Crippen LogP contribution in [0.15, 0.2) is 45.5 Å². The largest absolute Gasteiger partial charge is 0.390 e. The van der Waals surface area contributed by atoms with Crippen LogP contribution in [0.3, 0.4) is 0 Å². The molecule has 1 saturated heterocycles. The van der Waals surface area contributed by atoms with E-state index in [1.54, 1.807) is 18.4 Å². The molecule has 4 aliphatic carbocycles. The van der Waals surface area contributed by atoms with Crippen LogP contribution in [0.1, 0.15) is 33.1 Å². The lowest BCUT2D eigenvalue weighted by Gasteiger charge is -2.63. The predicted octanol–water partition coefficient (Wildman–Crippen LogP) is 2.85. The minimum absolute atomic E-state index is 0.0239. The molecule has 4 fully saturated rings. The monoisotopic (exact) mass is 567 g/mol. The molecule has 11 heteroatoms. The lowest BCUT2D eigenvalue weighted by Crippen LogP contribution is -2.69. The van der Waals surface area contributed by atoms with Crippen molar-refractivity contribution in [3.05, 3.63) is 41.3 Å². The Bertz CT molecular complexity index is 1380. The first-order chi connectivity index (χ1) is 17.8. The van der Waals surface area contributed by atoms with E-state index >= 15 is 8.78 Å². The van der Waals surface area contributed by atoms with E-state index in [9.17, 15) is 28.2 Å². The molecule has 206 valence electrons. The highest BCUT2D eigenvalue weighted by Crippen LogP contribution is 2.74. The molecule has 6 rings (SSSR count). The van der Waals surface area contributed by atoms with Gasteiger partial charge in [0.05, 0.1) is 11.5 Å². The van der Waals surface area contributed by atoms with Crippen molar-refractivity contribution in [1.29, 1.82) is 0 Å². The zero-order valence-corrected chi connectivity index (χ0v) is 22.8. The van der Waals surface area contributed by atoms with Crippen LogP contribution in [0.25, 0.3) is 0 Å². The zero-order chi connectivity index (χ0) is 27.5. The van der Waals surface area contributed by atoms with E-state index in [1.807, 2.05) is 0 Å². The average Bonchev–Trinajstić information content (AvgIpc) is 3.58. The van der Waals surface area contributed by atoms with Crippen LogP contribution < -0.4 is 0 Å². The zero-order valence-electron chi connectivity index (χ0n) is 21.1. The van der Waals surface area contributed by atoms with Crippen LogP contribution in [0, 0.1) is 34.0 Å². The summed E-state index contributed by atoms with van der Waals surface area (Å²) >= 11 is 1.07. The molecule has 1 aromatic rings. The molecule has 2 heterocycles. The van der Waals surface area contributed by atoms with Crippen molar-refractivity contribution in [3.63, 3.8) is 0 Å². The number of alkyl halides is 2. The van der Waals surface area contributed by atoms with Gasteiger partial charge in [-0.25, -0.2) is 17.2 Å². The molecule has 7 nitrogen and oxygen atoms in total. The Balaban J connectivity index is 1.45. The molecule has 5 aliphatic rings. The van der Waals surface area contributed by atoms with Gasteiger partial charge in [0, 0.05) is 24.4 Å². The molecule has 0 aromatic carbocycles. The van der Waals surface area contributed by atoms with Crippen LogP contribution in [0.5, 0.6) is 0 Å². The summed E-state index contributed by atoms with van der Waals surface area (Å²) in [4.78, 5) is 25.6. The fourth-order valence-electron chi connectivity index (χ4n) is 9.10. The number of fused-ring (bicyclic) bond motifs is 7. The molecule has 2 N–H and O–H groups in total. The fraction of sp³-hybridized carbons (Fsp3) is 0.630. The van der Waals surface area contributed by atoms with Crippen molar-refractivity contribution in [3.8, 4) is 0 Å². The number of aliphatic hydroxyl groups excluding tert-OH is 2. The minimum Gasteiger partial charge on any atom is -0.390 e. The summed E-state index contributed by atoms with van der Waals surface area (Å²) < 4.78 is 61.4. The van der Waals surface area contributed by atoms with Crippen LogP contribution in [0.2, 0.25) is 0 Å². The number of hydrogen-bond acceptors (Lipinski definition) is 7. The Kier molecular flexibility index (Phi) is 5.65. The number of sulfonamides is 1. The Labute approximate surface area is 224 Å². The predicted molar refractivity (Wildman–Crippen MR) is 135 cm³/mol. The number of halogens is 2. The molecule has 1 aliphatic heterocycles. The maximum absolute atomic E-state index is 17.4. The van der Waals surface area contributed by atoms with E-state index in [-0.39, 0.29) is 42.1 Å². The van der Waals surface area contributed by atoms with Gasteiger partial charge in [0.15, 0.2) is 17.2 Å². The highest BCUT2D eigenvalue weighted by Gasteiger charge is 2.78. The second-order valence-electron chi connectivity index (χ2n) is 12.1. The van der Waals surface area contributed by atoms with Gasteiger partial charge in [0.1, 0.15) is 17.0 Å². The summed E-state index contributed by atoms with van der Waals surface area (Å²) in [7, 11) is -3.90. The third-order valence-electron chi connectivity index (χ3n) is 10.9. The first-order valence-electron chi connectivity index (χ1n) is 12.9. The number of Topliss-reactive ketones (excluding diaryl/α,β-unsaturated/α-hetero) is 1. The van der Waals surface area contributed by atoms with Crippen LogP contribution in [-0.2, 0) is 19.6 Å². The summed E-state index contributed by atoms with van der Waals surface area (Å²) in [5, 5.41) is 23.3. The van der Waals surface area contributed by atoms with E-state index in [4.69, 9.17) is 0 Å². The van der Waals surface area contributed by atoms with Crippen molar-refractivity contribution in [2.75, 3.05) is 19.7 Å². The lowest BCUT2D eigenvalue weighted by atomic mass is 9.43. The number of thiophene rings is 1. The van der Waals surface area contributed by atoms with E-state index in [2.05, 4.69) is 0 Å². The Morgan fingerprint density at radius 3 is 2.66 bits per heavy atom. The standard InChI is InChI=1S/C27H31F2NO6S2/c1-24-6-5-16(32)9-19(24)20(28)10-18-17-8-15-12-30(38(35,36)23-4-3-7-37-23)14-26(15,22(34)13-31)25(17,2)11-21(33)27(18,24)29/h3-7,9,15,17-18,20-21,31,33H,8,10-14H2,1-2H3/t15-,17-,18-,20-,21-,24-,25-,26+,27-/m0/s1. The number of hydrogen-bond donors (Lipinski definition) is 2. The summed E-state index contributed by atoms with van der Waals surface area (Å²) in [6.45, 7) is 2.33. The summed E-state index contributed by atoms with van der Waals surface area (Å²) in [6, 6.07) is 3.13. The summed E-state index contributed by atoms with van der Waals surface area (Å²) in [5.41, 5.74) is -6.22. The number of carbonyl (C=O) groups excluding carboxylic acids is 2. The molecule has 3 saturated carbocycles. The van der Waals surface area contributed by atoms with E-state index in [0.29, 0.717) is 0 Å². The molecule has 0 radical (unpaired) electrons. The van der Waals surface area contributed by atoms with Crippen molar-refractivity contribution < 1.29 is 37.0 Å². The second-order valence-corrected chi connectivity index (χ2v) is 15.2. The lowest BCUT2D eigenvalue weighted by molar-refractivity contribution is -0.211. The number of aliphatic hydroxyl groups is 2. The van der Waals surface area contributed by atoms with E-state index in [0.717, 1.165) is 17.4 Å². The van der Waals surface area contributed by atoms with Gasteiger partial charge in [-0.1, -0.05) is 19.1 Å². The van der Waals surface area contributed by atoms with Crippen molar-refractivity contribution in [2.24, 2.45) is 34.0 Å². The van der Waals surface area contributed by atoms with Crippen LogP contribution in [0.4, 0.5) is 8.78 Å². The van der Waals surface area contributed by atoms with Gasteiger partial charge in [-0.3, -0.25) is 9.59 Å². The smallest absolute Gasteiger partial charge is 0.252 e. The molecule has 0 amide bonds. The van der Waals surface area contributed by atoms with Gasteiger partial charge in [-0.15, -0.1) is 11.3 Å². The molecule has 38 heavy (non-hydrogen) atoms. The first-order valence-corrected chi connectivity index (χ1v) is 15.2. The van der Waals surface area contributed by atoms with Gasteiger partial charge in [-0.05, 0) is 72.6 Å². The third kappa shape index (κ3) is 2.94. The minimum atomic E-state index is -3.90. The van der Waals surface area contributed by atoms with E-state index < -0.39 is 80.1 Å². The van der Waals surface area contributed by atoms with Crippen molar-refractivity contribution in [2.45, 2.75) is 55.3 Å². The summed E-state index contributed by atoms with van der Waals surface area (Å²) in [6.07, 6.45) is 0.395. The maximum atomic E-state index is 17.4. The number of carbonyl (C=O) groups is 2. The van der Waals surface area contributed by atoms with Crippen LogP contribution >= 0.6 is 11.3 Å². The highest BCUT2D eigenvalue weighted by molar-refractivity contribution is 7.91. The second kappa shape index (κ2) is 8.13. The van der Waals surface area contributed by atoms with Crippen LogP contribution in [-0.4, -0.2) is 72.1 Å². The van der Waals surface area contributed by atoms with Gasteiger partial charge in [0.2, 0.25) is 0 Å². The fourth-order valence-corrected chi connectivity index (χ4v) is 11.8. The molecule has 0 bridgehead atoms. The Hall–Kier alpha value is -1.79. The number of rotatable bonds is 4. The topological polar surface area (TPSA) is 112 Å². The molecule has 9 atom stereocenters. The average molecular weight is 568 g/mol. The third-order valence-corrected chi connectivity index (χ3v) is 14.0. The highest BCUT2D eigenvalue weighted by atomic mass is 32.2. The molecular formula is C27H31F2NO6S2. The van der Waals surface area contributed by atoms with E-state index in [1.165, 1.54) is 29.4 Å². The Morgan fingerprint density at radius 2 is 2.00 bits per heavy atom. The van der Waals surface area contributed by atoms with Gasteiger partial charge in [0.25, 0.3) is 10.0 Å². The quantitative estimate of drug-likeness (QED) is 0.579. The van der Waals surface area contributed by atoms with Gasteiger partial charge in [-0.2, -0.15) is 4.31 Å². The maximum Gasteiger partial charge on any atom is 0.252 e. The normalized spacial score (nSPS) is 46.2. The van der Waals surface area contributed by atoms with Crippen molar-refractivity contribution >= 4 is 32.9 Å². The molecule has 0 spiro atoms. The first kappa shape index (κ1) is 26.4. The SMILES string of the molecule is C[C@]12C=CC(=O)C=C1[C@@H](F)C[C@H]1[C@@H]3C[C@H]4CN(S(=O)(=O)c5cccs5)C[C@@]4(C(=O)CO)[C@@]3(C)C[C@H](O)[C@@]12F. The van der Waals surface area contributed by atoms with Gasteiger partial charge >= 0.3 is 0 Å². The molecule has 1 aromatic heterocycles. The molecular weight excluding hydrogens is 536 g/mol. The summed E-state index contributed by atoms with van der Waals surface area (Å²) in [5.74, 6) is -2.98. The molecule has 0 unspecified atom stereocenters. The van der Waals surface area contributed by atoms with Gasteiger partial charge < -0.3 is 10.2 Å². The number of ketones is 2. The number of nitrogens with zero attached hydrogens (tertiary/aromatic N) is 1.